The van der Waals surface area contributed by atoms with Gasteiger partial charge in [-0.2, -0.15) is 0 Å². The van der Waals surface area contributed by atoms with E-state index in [-0.39, 0.29) is 23.7 Å². The van der Waals surface area contributed by atoms with Gasteiger partial charge >= 0.3 is 5.97 Å². The maximum atomic E-state index is 14.2. The number of anilines is 1. The SMILES string of the molecule is CCOC(=O)c1cc2cc(N(C)C(=O)[C@@H]3C(c4ccccc4)CCN3C(=O)C3CCC(CC)CC3)ccc2[nH]1. The number of likely N-dealkylation sites (tertiary alicyclic amines) is 1. The standard InChI is InChI=1S/C32H39N3O4/c1-4-21-11-13-23(14-12-21)30(36)35-18-17-26(22-9-7-6-8-10-22)29(35)31(37)34(3)25-15-16-27-24(19-25)20-28(33-27)32(38)39-5-2/h6-10,15-16,19-21,23,26,29,33H,4-5,11-14,17-18H2,1-3H3/t21?,23?,26?,29-/m0/s1. The largest absolute Gasteiger partial charge is 0.461 e. The van der Waals surface area contributed by atoms with E-state index in [1.54, 1.807) is 24.9 Å². The van der Waals surface area contributed by atoms with Gasteiger partial charge in [-0.15, -0.1) is 0 Å². The Morgan fingerprint density at radius 1 is 0.974 bits per heavy atom. The van der Waals surface area contributed by atoms with Crippen LogP contribution in [0.1, 0.15) is 74.3 Å². The normalized spacial score (nSPS) is 23.1. The van der Waals surface area contributed by atoms with E-state index in [9.17, 15) is 14.4 Å². The Bertz CT molecular complexity index is 1330. The van der Waals surface area contributed by atoms with Crippen molar-refractivity contribution in [1.29, 1.82) is 0 Å². The van der Waals surface area contributed by atoms with Crippen LogP contribution in [0.4, 0.5) is 5.69 Å². The van der Waals surface area contributed by atoms with Gasteiger partial charge in [-0.25, -0.2) is 4.79 Å². The number of carbonyl (C=O) groups is 3. The maximum Gasteiger partial charge on any atom is 0.354 e. The lowest BCUT2D eigenvalue weighted by Gasteiger charge is -2.35. The highest BCUT2D eigenvalue weighted by molar-refractivity contribution is 6.02. The van der Waals surface area contributed by atoms with Crippen LogP contribution < -0.4 is 4.90 Å². The van der Waals surface area contributed by atoms with Crippen LogP contribution in [0.5, 0.6) is 0 Å². The number of carbonyl (C=O) groups excluding carboxylic acids is 3. The lowest BCUT2D eigenvalue weighted by molar-refractivity contribution is -0.142. The topological polar surface area (TPSA) is 82.7 Å². The van der Waals surface area contributed by atoms with Crippen LogP contribution in [-0.2, 0) is 14.3 Å². The molecule has 1 unspecified atom stereocenters. The summed E-state index contributed by atoms with van der Waals surface area (Å²) < 4.78 is 5.12. The third kappa shape index (κ3) is 5.45. The van der Waals surface area contributed by atoms with E-state index in [0.29, 0.717) is 24.8 Å². The van der Waals surface area contributed by atoms with Crippen LogP contribution in [0, 0.1) is 11.8 Å². The molecule has 2 atom stereocenters. The third-order valence-corrected chi connectivity index (χ3v) is 8.75. The Balaban J connectivity index is 1.42. The predicted molar refractivity (Wildman–Crippen MR) is 153 cm³/mol. The van der Waals surface area contributed by atoms with Crippen LogP contribution in [-0.4, -0.2) is 53.9 Å². The number of aromatic nitrogens is 1. The Labute approximate surface area is 230 Å². The smallest absolute Gasteiger partial charge is 0.354 e. The second-order valence-electron chi connectivity index (χ2n) is 11.0. The second-order valence-corrected chi connectivity index (χ2v) is 11.0. The number of aromatic amines is 1. The molecule has 2 heterocycles. The molecule has 2 fully saturated rings. The number of likely N-dealkylation sites (N-methyl/N-ethyl adjacent to an activating group) is 1. The number of benzene rings is 2. The Morgan fingerprint density at radius 2 is 1.72 bits per heavy atom. The number of rotatable bonds is 7. The number of hydrogen-bond acceptors (Lipinski definition) is 4. The highest BCUT2D eigenvalue weighted by Gasteiger charge is 2.45. The fraction of sp³-hybridized carbons (Fsp3) is 0.469. The van der Waals surface area contributed by atoms with E-state index >= 15 is 0 Å². The summed E-state index contributed by atoms with van der Waals surface area (Å²) in [6.07, 6.45) is 5.93. The van der Waals surface area contributed by atoms with Crippen molar-refractivity contribution in [3.63, 3.8) is 0 Å². The summed E-state index contributed by atoms with van der Waals surface area (Å²) in [6, 6.07) is 16.9. The Kier molecular flexibility index (Phi) is 8.05. The number of H-pyrrole nitrogens is 1. The van der Waals surface area contributed by atoms with Crippen molar-refractivity contribution in [2.75, 3.05) is 25.1 Å². The number of nitrogens with one attached hydrogen (secondary N) is 1. The molecule has 1 aliphatic heterocycles. The lowest BCUT2D eigenvalue weighted by Crippen LogP contribution is -2.50. The predicted octanol–water partition coefficient (Wildman–Crippen LogP) is 5.91. The van der Waals surface area contributed by atoms with Crippen molar-refractivity contribution in [3.05, 3.63) is 65.9 Å². The summed E-state index contributed by atoms with van der Waals surface area (Å²) in [5.41, 5.74) is 2.99. The average Bonchev–Trinajstić information content (AvgIpc) is 3.61. The molecular formula is C32H39N3O4. The molecule has 1 aromatic heterocycles. The first kappa shape index (κ1) is 27.0. The fourth-order valence-electron chi connectivity index (χ4n) is 6.42. The minimum absolute atomic E-state index is 0.000401. The van der Waals surface area contributed by atoms with Crippen molar-refractivity contribution < 1.29 is 19.1 Å². The molecule has 2 amide bonds. The number of hydrogen-bond donors (Lipinski definition) is 1. The molecule has 3 aromatic rings. The average molecular weight is 530 g/mol. The van der Waals surface area contributed by atoms with Gasteiger partial charge in [0.1, 0.15) is 11.7 Å². The van der Waals surface area contributed by atoms with Crippen molar-refractivity contribution >= 4 is 34.4 Å². The summed E-state index contributed by atoms with van der Waals surface area (Å²) in [4.78, 5) is 46.9. The minimum Gasteiger partial charge on any atom is -0.461 e. The molecule has 1 saturated carbocycles. The van der Waals surface area contributed by atoms with Gasteiger partial charge in [0, 0.05) is 42.0 Å². The van der Waals surface area contributed by atoms with Crippen LogP contribution in [0.2, 0.25) is 0 Å². The van der Waals surface area contributed by atoms with Gasteiger partial charge < -0.3 is 19.5 Å². The van der Waals surface area contributed by atoms with Gasteiger partial charge in [0.2, 0.25) is 11.8 Å². The van der Waals surface area contributed by atoms with Crippen LogP contribution in [0.3, 0.4) is 0 Å². The first-order valence-corrected chi connectivity index (χ1v) is 14.3. The zero-order valence-electron chi connectivity index (χ0n) is 23.2. The van der Waals surface area contributed by atoms with E-state index in [4.69, 9.17) is 4.74 Å². The molecule has 2 aliphatic rings. The molecule has 7 nitrogen and oxygen atoms in total. The van der Waals surface area contributed by atoms with Gasteiger partial charge in [-0.3, -0.25) is 9.59 Å². The summed E-state index contributed by atoms with van der Waals surface area (Å²) in [7, 11) is 1.78. The van der Waals surface area contributed by atoms with Crippen LogP contribution in [0.25, 0.3) is 10.9 Å². The lowest BCUT2D eigenvalue weighted by atomic mass is 9.80. The highest BCUT2D eigenvalue weighted by Crippen LogP contribution is 2.39. The van der Waals surface area contributed by atoms with Gasteiger partial charge in [-0.05, 0) is 74.8 Å². The second kappa shape index (κ2) is 11.6. The molecule has 1 saturated heterocycles. The van der Waals surface area contributed by atoms with Crippen LogP contribution in [0.15, 0.2) is 54.6 Å². The molecular weight excluding hydrogens is 490 g/mol. The zero-order valence-corrected chi connectivity index (χ0v) is 23.2. The summed E-state index contributed by atoms with van der Waals surface area (Å²) >= 11 is 0. The van der Waals surface area contributed by atoms with E-state index in [1.807, 2.05) is 41.3 Å². The van der Waals surface area contributed by atoms with Gasteiger partial charge in [-0.1, -0.05) is 43.7 Å². The van der Waals surface area contributed by atoms with Crippen LogP contribution >= 0.6 is 0 Å². The minimum atomic E-state index is -0.550. The third-order valence-electron chi connectivity index (χ3n) is 8.75. The van der Waals surface area contributed by atoms with Crippen molar-refractivity contribution in [2.24, 2.45) is 11.8 Å². The molecule has 0 bridgehead atoms. The molecule has 2 aromatic carbocycles. The van der Waals surface area contributed by atoms with Gasteiger partial charge in [0.25, 0.3) is 0 Å². The highest BCUT2D eigenvalue weighted by atomic mass is 16.5. The summed E-state index contributed by atoms with van der Waals surface area (Å²) in [5, 5.41) is 0.821. The fourth-order valence-corrected chi connectivity index (χ4v) is 6.42. The van der Waals surface area contributed by atoms with Crippen molar-refractivity contribution in [3.8, 4) is 0 Å². The number of nitrogens with zero attached hydrogens (tertiary/aromatic N) is 2. The monoisotopic (exact) mass is 529 g/mol. The summed E-state index contributed by atoms with van der Waals surface area (Å²) in [5.74, 6) is 0.302. The molecule has 39 heavy (non-hydrogen) atoms. The van der Waals surface area contributed by atoms with E-state index in [0.717, 1.165) is 54.3 Å². The molecule has 0 spiro atoms. The number of amides is 2. The molecule has 1 aliphatic carbocycles. The van der Waals surface area contributed by atoms with E-state index in [2.05, 4.69) is 24.0 Å². The van der Waals surface area contributed by atoms with Gasteiger partial charge in [0.05, 0.1) is 6.61 Å². The van der Waals surface area contributed by atoms with Gasteiger partial charge in [0.15, 0.2) is 0 Å². The Hall–Kier alpha value is -3.61. The first-order chi connectivity index (χ1) is 18.9. The summed E-state index contributed by atoms with van der Waals surface area (Å²) in [6.45, 7) is 4.89. The first-order valence-electron chi connectivity index (χ1n) is 14.3. The maximum absolute atomic E-state index is 14.2. The quantitative estimate of drug-likeness (QED) is 0.386. The number of ether oxygens (including phenoxy) is 1. The number of fused-ring (bicyclic) bond motifs is 1. The van der Waals surface area contributed by atoms with E-state index in [1.165, 1.54) is 6.42 Å². The molecule has 7 heteroatoms. The molecule has 0 radical (unpaired) electrons. The molecule has 206 valence electrons. The zero-order chi connectivity index (χ0) is 27.5. The van der Waals surface area contributed by atoms with Crippen molar-refractivity contribution in [2.45, 2.75) is 64.3 Å². The Morgan fingerprint density at radius 3 is 2.41 bits per heavy atom. The molecule has 5 rings (SSSR count). The number of esters is 1. The van der Waals surface area contributed by atoms with Crippen molar-refractivity contribution in [1.82, 2.24) is 9.88 Å². The molecule has 1 N–H and O–H groups in total. The van der Waals surface area contributed by atoms with E-state index < -0.39 is 12.0 Å².